The highest BCUT2D eigenvalue weighted by Crippen LogP contribution is 2.15. The van der Waals surface area contributed by atoms with Crippen molar-refractivity contribution in [2.24, 2.45) is 5.92 Å². The van der Waals surface area contributed by atoms with Gasteiger partial charge >= 0.3 is 0 Å². The molecule has 0 spiro atoms. The Morgan fingerprint density at radius 3 is 2.61 bits per heavy atom. The fourth-order valence-corrected chi connectivity index (χ4v) is 3.27. The van der Waals surface area contributed by atoms with Gasteiger partial charge in [-0.05, 0) is 30.5 Å². The van der Waals surface area contributed by atoms with Crippen LogP contribution in [0.5, 0.6) is 0 Å². The normalized spacial score (nSPS) is 12.0. The summed E-state index contributed by atoms with van der Waals surface area (Å²) in [5, 5.41) is 0. The number of unbranched alkanes of at least 4 members (excludes halogenated alkanes) is 1. The SMILES string of the molecule is CC(C)CCCCNS(=O)(=O)c1cccc(Br)c1. The summed E-state index contributed by atoms with van der Waals surface area (Å²) < 4.78 is 27.3. The van der Waals surface area contributed by atoms with E-state index < -0.39 is 10.0 Å². The molecule has 0 saturated carbocycles. The molecule has 5 heteroatoms. The van der Waals surface area contributed by atoms with Crippen LogP contribution in [0.1, 0.15) is 33.1 Å². The topological polar surface area (TPSA) is 46.2 Å². The Bertz CT molecular complexity index is 472. The van der Waals surface area contributed by atoms with Crippen LogP contribution in [0.3, 0.4) is 0 Å². The lowest BCUT2D eigenvalue weighted by atomic mass is 10.1. The largest absolute Gasteiger partial charge is 0.240 e. The minimum atomic E-state index is -3.36. The highest BCUT2D eigenvalue weighted by atomic mass is 79.9. The number of nitrogens with one attached hydrogen (secondary N) is 1. The summed E-state index contributed by atoms with van der Waals surface area (Å²) in [7, 11) is -3.36. The van der Waals surface area contributed by atoms with Gasteiger partial charge in [-0.3, -0.25) is 0 Å². The van der Waals surface area contributed by atoms with E-state index in [1.54, 1.807) is 18.2 Å². The van der Waals surface area contributed by atoms with Crippen molar-refractivity contribution in [2.75, 3.05) is 6.54 Å². The predicted molar refractivity (Wildman–Crippen MR) is 78.0 cm³/mol. The van der Waals surface area contributed by atoms with E-state index in [2.05, 4.69) is 34.5 Å². The van der Waals surface area contributed by atoms with Gasteiger partial charge in [0.2, 0.25) is 10.0 Å². The summed E-state index contributed by atoms with van der Waals surface area (Å²) in [6, 6.07) is 6.73. The van der Waals surface area contributed by atoms with Gasteiger partial charge in [0.1, 0.15) is 0 Å². The molecule has 0 aliphatic rings. The van der Waals surface area contributed by atoms with Gasteiger partial charge in [0.05, 0.1) is 4.90 Å². The van der Waals surface area contributed by atoms with E-state index in [1.165, 1.54) is 0 Å². The molecule has 0 aromatic heterocycles. The first-order valence-electron chi connectivity index (χ1n) is 6.17. The lowest BCUT2D eigenvalue weighted by Crippen LogP contribution is -2.24. The molecule has 3 nitrogen and oxygen atoms in total. The first-order chi connectivity index (χ1) is 8.42. The van der Waals surface area contributed by atoms with Gasteiger partial charge < -0.3 is 0 Å². The van der Waals surface area contributed by atoms with E-state index in [1.807, 2.05) is 6.07 Å². The van der Waals surface area contributed by atoms with Crippen molar-refractivity contribution in [1.29, 1.82) is 0 Å². The third-order valence-corrected chi connectivity index (χ3v) is 4.56. The van der Waals surface area contributed by atoms with Gasteiger partial charge in [-0.25, -0.2) is 13.1 Å². The Morgan fingerprint density at radius 2 is 2.00 bits per heavy atom. The number of rotatable bonds is 7. The predicted octanol–water partition coefficient (Wildman–Crippen LogP) is 3.55. The van der Waals surface area contributed by atoms with Crippen molar-refractivity contribution < 1.29 is 8.42 Å². The molecule has 0 aliphatic carbocycles. The van der Waals surface area contributed by atoms with Crippen molar-refractivity contribution in [3.63, 3.8) is 0 Å². The van der Waals surface area contributed by atoms with Gasteiger partial charge in [0, 0.05) is 11.0 Å². The summed E-state index contributed by atoms with van der Waals surface area (Å²) in [6.07, 6.45) is 3.07. The zero-order chi connectivity index (χ0) is 13.6. The second kappa shape index (κ2) is 7.26. The smallest absolute Gasteiger partial charge is 0.211 e. The van der Waals surface area contributed by atoms with E-state index in [0.29, 0.717) is 17.4 Å². The molecule has 18 heavy (non-hydrogen) atoms. The number of hydrogen-bond acceptors (Lipinski definition) is 2. The van der Waals surface area contributed by atoms with E-state index >= 15 is 0 Å². The van der Waals surface area contributed by atoms with E-state index in [0.717, 1.165) is 23.7 Å². The van der Waals surface area contributed by atoms with Crippen LogP contribution in [0.25, 0.3) is 0 Å². The van der Waals surface area contributed by atoms with Crippen molar-refractivity contribution in [3.8, 4) is 0 Å². The van der Waals surface area contributed by atoms with Crippen LogP contribution >= 0.6 is 15.9 Å². The maximum atomic E-state index is 11.9. The zero-order valence-corrected chi connectivity index (χ0v) is 13.2. The molecule has 1 rings (SSSR count). The summed E-state index contributed by atoms with van der Waals surface area (Å²) in [6.45, 7) is 4.85. The first-order valence-corrected chi connectivity index (χ1v) is 8.44. The molecular formula is C13H20BrNO2S. The monoisotopic (exact) mass is 333 g/mol. The maximum absolute atomic E-state index is 11.9. The summed E-state index contributed by atoms with van der Waals surface area (Å²) in [5.41, 5.74) is 0. The van der Waals surface area contributed by atoms with Crippen LogP contribution in [0.2, 0.25) is 0 Å². The molecule has 0 amide bonds. The minimum Gasteiger partial charge on any atom is -0.211 e. The Kier molecular flexibility index (Phi) is 6.32. The van der Waals surface area contributed by atoms with Gasteiger partial charge in [-0.1, -0.05) is 48.7 Å². The molecule has 0 saturated heterocycles. The summed E-state index contributed by atoms with van der Waals surface area (Å²) in [4.78, 5) is 0.306. The van der Waals surface area contributed by atoms with Crippen LogP contribution in [-0.4, -0.2) is 15.0 Å². The standard InChI is InChI=1S/C13H20BrNO2S/c1-11(2)6-3-4-9-15-18(16,17)13-8-5-7-12(14)10-13/h5,7-8,10-11,15H,3-4,6,9H2,1-2H3. The number of sulfonamides is 1. The lowest BCUT2D eigenvalue weighted by Gasteiger charge is -2.08. The van der Waals surface area contributed by atoms with E-state index in [9.17, 15) is 8.42 Å². The van der Waals surface area contributed by atoms with Crippen molar-refractivity contribution >= 4 is 26.0 Å². The van der Waals surface area contributed by atoms with E-state index in [4.69, 9.17) is 0 Å². The van der Waals surface area contributed by atoms with E-state index in [-0.39, 0.29) is 0 Å². The molecular weight excluding hydrogens is 314 g/mol. The van der Waals surface area contributed by atoms with Crippen LogP contribution in [0.4, 0.5) is 0 Å². The second-order valence-corrected chi connectivity index (χ2v) is 7.43. The molecule has 1 aromatic carbocycles. The Hall–Kier alpha value is -0.390. The van der Waals surface area contributed by atoms with Crippen LogP contribution in [0.15, 0.2) is 33.6 Å². The quantitative estimate of drug-likeness (QED) is 0.775. The van der Waals surface area contributed by atoms with Crippen molar-refractivity contribution in [1.82, 2.24) is 4.72 Å². The molecule has 0 unspecified atom stereocenters. The number of hydrogen-bond donors (Lipinski definition) is 1. The third kappa shape index (κ3) is 5.50. The third-order valence-electron chi connectivity index (χ3n) is 2.61. The van der Waals surface area contributed by atoms with Crippen molar-refractivity contribution in [2.45, 2.75) is 38.0 Å². The minimum absolute atomic E-state index is 0.306. The van der Waals surface area contributed by atoms with Gasteiger partial charge in [-0.2, -0.15) is 0 Å². The zero-order valence-electron chi connectivity index (χ0n) is 10.8. The summed E-state index contributed by atoms with van der Waals surface area (Å²) in [5.74, 6) is 0.673. The Morgan fingerprint density at radius 1 is 1.28 bits per heavy atom. The fraction of sp³-hybridized carbons (Fsp3) is 0.538. The molecule has 102 valence electrons. The van der Waals surface area contributed by atoms with Crippen molar-refractivity contribution in [3.05, 3.63) is 28.7 Å². The van der Waals surface area contributed by atoms with Gasteiger partial charge in [0.15, 0.2) is 0 Å². The number of benzene rings is 1. The summed E-state index contributed by atoms with van der Waals surface area (Å²) >= 11 is 3.27. The van der Waals surface area contributed by atoms with Crippen LogP contribution in [0, 0.1) is 5.92 Å². The fourth-order valence-electron chi connectivity index (χ4n) is 1.60. The maximum Gasteiger partial charge on any atom is 0.240 e. The molecule has 1 N–H and O–H groups in total. The molecule has 0 atom stereocenters. The number of halogens is 1. The Labute approximate surface area is 118 Å². The second-order valence-electron chi connectivity index (χ2n) is 4.74. The average molecular weight is 334 g/mol. The molecule has 1 aromatic rings. The van der Waals surface area contributed by atoms with Crippen LogP contribution < -0.4 is 4.72 Å². The molecule has 0 radical (unpaired) electrons. The molecule has 0 aliphatic heterocycles. The lowest BCUT2D eigenvalue weighted by molar-refractivity contribution is 0.530. The highest BCUT2D eigenvalue weighted by molar-refractivity contribution is 9.10. The Balaban J connectivity index is 2.46. The van der Waals surface area contributed by atoms with Crippen LogP contribution in [-0.2, 0) is 10.0 Å². The molecule has 0 heterocycles. The van der Waals surface area contributed by atoms with Gasteiger partial charge in [-0.15, -0.1) is 0 Å². The van der Waals surface area contributed by atoms with Gasteiger partial charge in [0.25, 0.3) is 0 Å². The average Bonchev–Trinajstić information content (AvgIpc) is 2.28. The first kappa shape index (κ1) is 15.7. The molecule has 0 fully saturated rings. The highest BCUT2D eigenvalue weighted by Gasteiger charge is 2.12. The molecule has 0 bridgehead atoms.